The lowest BCUT2D eigenvalue weighted by Gasteiger charge is -2.12. The minimum atomic E-state index is -0.524. The summed E-state index contributed by atoms with van der Waals surface area (Å²) in [6, 6.07) is 13.1. The molecule has 0 aliphatic rings. The molecule has 0 radical (unpaired) electrons. The highest BCUT2D eigenvalue weighted by Gasteiger charge is 2.19. The molecule has 2 N–H and O–H groups in total. The van der Waals surface area contributed by atoms with E-state index in [0.717, 1.165) is 11.1 Å². The second kappa shape index (κ2) is 9.89. The molecule has 4 rings (SSSR count). The zero-order valence-electron chi connectivity index (χ0n) is 18.1. The van der Waals surface area contributed by atoms with Crippen LogP contribution in [-0.2, 0) is 4.79 Å². The molecule has 2 aromatic carbocycles. The average Bonchev–Trinajstić information content (AvgIpc) is 3.21. The Morgan fingerprint density at radius 1 is 1.12 bits per heavy atom. The van der Waals surface area contributed by atoms with Crippen LogP contribution in [0.2, 0.25) is 10.0 Å². The minimum Gasteiger partial charge on any atom is -0.324 e. The number of H-pyrrole nitrogens is 1. The third-order valence-electron chi connectivity index (χ3n) is 5.15. The van der Waals surface area contributed by atoms with Crippen LogP contribution < -0.4 is 10.9 Å². The number of halogens is 2. The van der Waals surface area contributed by atoms with Crippen LogP contribution in [0.5, 0.6) is 0 Å². The van der Waals surface area contributed by atoms with Crippen molar-refractivity contribution in [3.05, 3.63) is 73.8 Å². The van der Waals surface area contributed by atoms with Gasteiger partial charge < -0.3 is 10.3 Å². The molecule has 0 fully saturated rings. The quantitative estimate of drug-likeness (QED) is 0.209. The van der Waals surface area contributed by atoms with Crippen LogP contribution in [0.4, 0.5) is 5.69 Å². The Balaban J connectivity index is 1.55. The van der Waals surface area contributed by atoms with E-state index in [0.29, 0.717) is 37.0 Å². The van der Waals surface area contributed by atoms with Crippen molar-refractivity contribution in [3.8, 4) is 11.1 Å². The van der Waals surface area contributed by atoms with E-state index in [1.807, 2.05) is 17.5 Å². The van der Waals surface area contributed by atoms with Crippen LogP contribution in [0, 0.1) is 0 Å². The molecule has 1 unspecified atom stereocenters. The molecule has 4 aromatic rings. The molecular weight excluding hydrogens is 497 g/mol. The van der Waals surface area contributed by atoms with Gasteiger partial charge in [-0.25, -0.2) is 4.98 Å². The van der Waals surface area contributed by atoms with Gasteiger partial charge in [-0.05, 0) is 42.2 Å². The Kier molecular flexibility index (Phi) is 7.14. The Bertz CT molecular complexity index is 1380. The number of benzene rings is 2. The van der Waals surface area contributed by atoms with Gasteiger partial charge in [0.1, 0.15) is 4.83 Å². The van der Waals surface area contributed by atoms with Crippen LogP contribution in [-0.4, -0.2) is 21.1 Å². The maximum absolute atomic E-state index is 12.9. The van der Waals surface area contributed by atoms with Gasteiger partial charge in [-0.15, -0.1) is 11.3 Å². The summed E-state index contributed by atoms with van der Waals surface area (Å²) in [4.78, 5) is 33.6. The number of carbonyl (C=O) groups is 1. The van der Waals surface area contributed by atoms with Crippen molar-refractivity contribution in [1.29, 1.82) is 0 Å². The van der Waals surface area contributed by atoms with Gasteiger partial charge in [0.05, 0.1) is 21.3 Å². The maximum Gasteiger partial charge on any atom is 0.260 e. The van der Waals surface area contributed by atoms with Crippen molar-refractivity contribution < 1.29 is 4.79 Å². The molecule has 1 amide bonds. The number of hydrogen-bond donors (Lipinski definition) is 2. The highest BCUT2D eigenvalue weighted by molar-refractivity contribution is 8.00. The molecule has 2 aromatic heterocycles. The SMILES string of the molecule is CC(Sc1nc2scc(-c3ccc(C(C)C)cc3)c2c(=O)[nH]1)C(=O)Nc1cc(Cl)ccc1Cl. The standard InChI is InChI=1S/C24H21Cl2N3O2S2/c1-12(2)14-4-6-15(7-5-14)17-11-32-23-20(17)22(31)28-24(29-23)33-13(3)21(30)27-19-10-16(25)8-9-18(19)26/h4-13H,1-3H3,(H,27,30)(H,28,29,31). The maximum atomic E-state index is 12.9. The molecule has 170 valence electrons. The number of rotatable bonds is 6. The van der Waals surface area contributed by atoms with Crippen LogP contribution >= 0.6 is 46.3 Å². The molecule has 1 atom stereocenters. The summed E-state index contributed by atoms with van der Waals surface area (Å²) in [7, 11) is 0. The highest BCUT2D eigenvalue weighted by Crippen LogP contribution is 2.33. The van der Waals surface area contributed by atoms with E-state index >= 15 is 0 Å². The number of carbonyl (C=O) groups excluding carboxylic acids is 1. The first kappa shape index (κ1) is 23.8. The van der Waals surface area contributed by atoms with E-state index in [4.69, 9.17) is 23.2 Å². The minimum absolute atomic E-state index is 0.225. The second-order valence-corrected chi connectivity index (χ2v) is 10.9. The van der Waals surface area contributed by atoms with Crippen molar-refractivity contribution >= 4 is 68.1 Å². The number of nitrogens with zero attached hydrogens (tertiary/aromatic N) is 1. The molecule has 9 heteroatoms. The monoisotopic (exact) mass is 517 g/mol. The first-order valence-corrected chi connectivity index (χ1v) is 12.8. The van der Waals surface area contributed by atoms with Gasteiger partial charge in [0.2, 0.25) is 5.91 Å². The van der Waals surface area contributed by atoms with Crippen molar-refractivity contribution in [1.82, 2.24) is 9.97 Å². The van der Waals surface area contributed by atoms with E-state index in [1.165, 1.54) is 28.7 Å². The smallest absolute Gasteiger partial charge is 0.260 e. The normalized spacial score (nSPS) is 12.3. The fraction of sp³-hybridized carbons (Fsp3) is 0.208. The van der Waals surface area contributed by atoms with Crippen LogP contribution in [0.25, 0.3) is 21.3 Å². The summed E-state index contributed by atoms with van der Waals surface area (Å²) in [5, 5.41) is 6.00. The van der Waals surface area contributed by atoms with Gasteiger partial charge in [0, 0.05) is 16.0 Å². The largest absolute Gasteiger partial charge is 0.324 e. The van der Waals surface area contributed by atoms with E-state index in [9.17, 15) is 9.59 Å². The molecule has 33 heavy (non-hydrogen) atoms. The summed E-state index contributed by atoms with van der Waals surface area (Å²) in [6.45, 7) is 6.03. The van der Waals surface area contributed by atoms with Crippen LogP contribution in [0.1, 0.15) is 32.3 Å². The number of aromatic nitrogens is 2. The van der Waals surface area contributed by atoms with Gasteiger partial charge >= 0.3 is 0 Å². The van der Waals surface area contributed by atoms with Gasteiger partial charge in [-0.3, -0.25) is 9.59 Å². The van der Waals surface area contributed by atoms with E-state index in [-0.39, 0.29) is 11.5 Å². The summed E-state index contributed by atoms with van der Waals surface area (Å²) >= 11 is 14.7. The molecule has 0 aliphatic heterocycles. The summed E-state index contributed by atoms with van der Waals surface area (Å²) in [5.74, 6) is 0.168. The molecule has 2 heterocycles. The third kappa shape index (κ3) is 5.27. The number of anilines is 1. The lowest BCUT2D eigenvalue weighted by atomic mass is 9.99. The lowest BCUT2D eigenvalue weighted by molar-refractivity contribution is -0.115. The molecule has 5 nitrogen and oxygen atoms in total. The van der Waals surface area contributed by atoms with Crippen LogP contribution in [0.3, 0.4) is 0 Å². The third-order valence-corrected chi connectivity index (χ3v) is 7.58. The summed E-state index contributed by atoms with van der Waals surface area (Å²) in [6.07, 6.45) is 0. The predicted molar refractivity (Wildman–Crippen MR) is 140 cm³/mol. The first-order chi connectivity index (χ1) is 15.7. The van der Waals surface area contributed by atoms with Crippen molar-refractivity contribution in [2.75, 3.05) is 5.32 Å². The predicted octanol–water partition coefficient (Wildman–Crippen LogP) is 7.20. The fourth-order valence-corrected chi connectivity index (χ4v) is 5.43. The van der Waals surface area contributed by atoms with Gasteiger partial charge in [0.25, 0.3) is 5.56 Å². The number of amides is 1. The molecule has 0 saturated carbocycles. The zero-order chi connectivity index (χ0) is 23.7. The molecule has 0 spiro atoms. The number of fused-ring (bicyclic) bond motifs is 1. The molecular formula is C24H21Cl2N3O2S2. The van der Waals surface area contributed by atoms with Crippen LogP contribution in [0.15, 0.2) is 57.8 Å². The highest BCUT2D eigenvalue weighted by atomic mass is 35.5. The van der Waals surface area contributed by atoms with Gasteiger partial charge in [-0.2, -0.15) is 0 Å². The average molecular weight is 518 g/mol. The van der Waals surface area contributed by atoms with Crippen molar-refractivity contribution in [3.63, 3.8) is 0 Å². The molecule has 0 saturated heterocycles. The van der Waals surface area contributed by atoms with E-state index in [2.05, 4.69) is 41.3 Å². The summed E-state index contributed by atoms with van der Waals surface area (Å²) < 4.78 is 0. The molecule has 0 bridgehead atoms. The Morgan fingerprint density at radius 3 is 2.55 bits per heavy atom. The fourth-order valence-electron chi connectivity index (χ4n) is 3.29. The van der Waals surface area contributed by atoms with Crippen molar-refractivity contribution in [2.45, 2.75) is 37.1 Å². The van der Waals surface area contributed by atoms with Crippen molar-refractivity contribution in [2.24, 2.45) is 0 Å². The number of hydrogen-bond acceptors (Lipinski definition) is 5. The topological polar surface area (TPSA) is 74.8 Å². The molecule has 0 aliphatic carbocycles. The zero-order valence-corrected chi connectivity index (χ0v) is 21.3. The Hall–Kier alpha value is -2.32. The van der Waals surface area contributed by atoms with E-state index < -0.39 is 5.25 Å². The number of thiophene rings is 1. The lowest BCUT2D eigenvalue weighted by Crippen LogP contribution is -2.23. The number of thioether (sulfide) groups is 1. The second-order valence-electron chi connectivity index (χ2n) is 7.85. The first-order valence-electron chi connectivity index (χ1n) is 10.3. The van der Waals surface area contributed by atoms with Gasteiger partial charge in [-0.1, -0.05) is 73.1 Å². The summed E-state index contributed by atoms with van der Waals surface area (Å²) in [5.41, 5.74) is 3.29. The Morgan fingerprint density at radius 2 is 1.85 bits per heavy atom. The number of aromatic amines is 1. The number of nitrogens with one attached hydrogen (secondary N) is 2. The Labute approximate surface area is 209 Å². The van der Waals surface area contributed by atoms with E-state index in [1.54, 1.807) is 25.1 Å². The van der Waals surface area contributed by atoms with Gasteiger partial charge in [0.15, 0.2) is 5.16 Å².